The van der Waals surface area contributed by atoms with Gasteiger partial charge in [-0.25, -0.2) is 9.19 Å². The van der Waals surface area contributed by atoms with E-state index in [1.54, 1.807) is 6.20 Å². The smallest absolute Gasteiger partial charge is 0.161 e. The average molecular weight is 210 g/mol. The summed E-state index contributed by atoms with van der Waals surface area (Å²) in [4.78, 5) is 4.14. The summed E-state index contributed by atoms with van der Waals surface area (Å²) in [6.07, 6.45) is 3.83. The monoisotopic (exact) mass is 210 g/mol. The highest BCUT2D eigenvalue weighted by Crippen LogP contribution is 2.18. The Hall–Kier alpha value is -0.900. The first kappa shape index (κ1) is 9.65. The van der Waals surface area contributed by atoms with Gasteiger partial charge in [0.05, 0.1) is 9.73 Å². The first-order valence-electron chi connectivity index (χ1n) is 4.83. The lowest BCUT2D eigenvalue weighted by Gasteiger charge is -1.99. The van der Waals surface area contributed by atoms with Crippen molar-refractivity contribution in [3.05, 3.63) is 23.9 Å². The Bertz CT molecular complexity index is 418. The van der Waals surface area contributed by atoms with Crippen molar-refractivity contribution in [1.82, 2.24) is 4.98 Å². The van der Waals surface area contributed by atoms with Gasteiger partial charge in [0.2, 0.25) is 0 Å². The van der Waals surface area contributed by atoms with Crippen LogP contribution in [0.1, 0.15) is 18.4 Å². The lowest BCUT2D eigenvalue weighted by atomic mass is 10.3. The van der Waals surface area contributed by atoms with E-state index in [9.17, 15) is 4.21 Å². The number of hydrogen-bond donors (Lipinski definition) is 0. The molecular formula is C10H14N2OS. The Labute approximate surface area is 84.7 Å². The van der Waals surface area contributed by atoms with Gasteiger partial charge >= 0.3 is 0 Å². The molecule has 4 heteroatoms. The zero-order chi connectivity index (χ0) is 10.0. The lowest BCUT2D eigenvalue weighted by molar-refractivity contribution is 0.681. The minimum Gasteiger partial charge on any atom is -0.249 e. The van der Waals surface area contributed by atoms with Gasteiger partial charge in [0.1, 0.15) is 0 Å². The zero-order valence-electron chi connectivity index (χ0n) is 8.27. The van der Waals surface area contributed by atoms with Crippen molar-refractivity contribution in [2.45, 2.75) is 19.8 Å². The predicted molar refractivity (Wildman–Crippen MR) is 58.2 cm³/mol. The SMILES string of the molecule is Cc1ccc(N=S2(=O)CCCC2)nc1. The van der Waals surface area contributed by atoms with Crippen LogP contribution >= 0.6 is 0 Å². The van der Waals surface area contributed by atoms with E-state index in [2.05, 4.69) is 9.35 Å². The summed E-state index contributed by atoms with van der Waals surface area (Å²) in [5.41, 5.74) is 1.10. The molecule has 76 valence electrons. The normalized spacial score (nSPS) is 19.5. The third kappa shape index (κ3) is 2.12. The first-order chi connectivity index (χ1) is 6.68. The quantitative estimate of drug-likeness (QED) is 0.713. The van der Waals surface area contributed by atoms with Crippen molar-refractivity contribution >= 4 is 15.5 Å². The zero-order valence-corrected chi connectivity index (χ0v) is 9.09. The van der Waals surface area contributed by atoms with Crippen LogP contribution in [0.15, 0.2) is 22.7 Å². The van der Waals surface area contributed by atoms with Crippen molar-refractivity contribution in [3.63, 3.8) is 0 Å². The second kappa shape index (κ2) is 3.69. The Balaban J connectivity index is 2.33. The Kier molecular flexibility index (Phi) is 2.54. The number of rotatable bonds is 1. The molecule has 0 unspecified atom stereocenters. The van der Waals surface area contributed by atoms with E-state index in [4.69, 9.17) is 0 Å². The summed E-state index contributed by atoms with van der Waals surface area (Å²) in [5, 5.41) is 0. The molecule has 1 aromatic heterocycles. The molecule has 1 aromatic rings. The molecule has 2 rings (SSSR count). The van der Waals surface area contributed by atoms with Gasteiger partial charge in [-0.15, -0.1) is 0 Å². The second-order valence-electron chi connectivity index (χ2n) is 3.67. The standard InChI is InChI=1S/C10H14N2OS/c1-9-4-5-10(11-8-9)12-14(13)6-2-3-7-14/h4-5,8H,2-3,6-7H2,1H3. The van der Waals surface area contributed by atoms with E-state index in [0.717, 1.165) is 29.9 Å². The van der Waals surface area contributed by atoms with Crippen molar-refractivity contribution in [2.24, 2.45) is 4.36 Å². The highest BCUT2D eigenvalue weighted by atomic mass is 32.2. The van der Waals surface area contributed by atoms with Crippen LogP contribution in [0.2, 0.25) is 0 Å². The minimum atomic E-state index is -1.96. The van der Waals surface area contributed by atoms with Gasteiger partial charge in [0, 0.05) is 17.7 Å². The molecule has 14 heavy (non-hydrogen) atoms. The van der Waals surface area contributed by atoms with Gasteiger partial charge in [-0.2, -0.15) is 4.36 Å². The van der Waals surface area contributed by atoms with Crippen LogP contribution in [-0.2, 0) is 9.73 Å². The van der Waals surface area contributed by atoms with E-state index >= 15 is 0 Å². The molecule has 1 saturated heterocycles. The molecule has 0 aromatic carbocycles. The highest BCUT2D eigenvalue weighted by Gasteiger charge is 2.16. The molecule has 0 amide bonds. The van der Waals surface area contributed by atoms with E-state index in [1.807, 2.05) is 19.1 Å². The molecule has 0 saturated carbocycles. The largest absolute Gasteiger partial charge is 0.249 e. The van der Waals surface area contributed by atoms with Crippen LogP contribution < -0.4 is 0 Å². The highest BCUT2D eigenvalue weighted by molar-refractivity contribution is 7.93. The molecule has 3 nitrogen and oxygen atoms in total. The molecule has 0 bridgehead atoms. The summed E-state index contributed by atoms with van der Waals surface area (Å²) in [6.45, 7) is 1.98. The van der Waals surface area contributed by atoms with Crippen LogP contribution in [0.25, 0.3) is 0 Å². The summed E-state index contributed by atoms with van der Waals surface area (Å²) in [7, 11) is -1.96. The average Bonchev–Trinajstić information content (AvgIpc) is 2.57. The Morgan fingerprint density at radius 1 is 1.36 bits per heavy atom. The molecular weight excluding hydrogens is 196 g/mol. The van der Waals surface area contributed by atoms with Crippen LogP contribution in [0, 0.1) is 6.92 Å². The van der Waals surface area contributed by atoms with E-state index in [1.165, 1.54) is 0 Å². The maximum Gasteiger partial charge on any atom is 0.161 e. The Morgan fingerprint density at radius 2 is 2.07 bits per heavy atom. The van der Waals surface area contributed by atoms with Crippen molar-refractivity contribution < 1.29 is 4.21 Å². The maximum absolute atomic E-state index is 12.0. The fraction of sp³-hybridized carbons (Fsp3) is 0.500. The molecule has 0 spiro atoms. The Morgan fingerprint density at radius 3 is 2.64 bits per heavy atom. The van der Waals surface area contributed by atoms with Crippen molar-refractivity contribution in [3.8, 4) is 0 Å². The van der Waals surface area contributed by atoms with Crippen LogP contribution in [0.3, 0.4) is 0 Å². The molecule has 1 fully saturated rings. The molecule has 1 aliphatic heterocycles. The third-order valence-electron chi connectivity index (χ3n) is 2.33. The van der Waals surface area contributed by atoms with Gasteiger partial charge in [-0.3, -0.25) is 0 Å². The molecule has 0 aliphatic carbocycles. The predicted octanol–water partition coefficient (Wildman–Crippen LogP) is 2.28. The topological polar surface area (TPSA) is 42.3 Å². The number of aromatic nitrogens is 1. The molecule has 0 radical (unpaired) electrons. The summed E-state index contributed by atoms with van der Waals surface area (Å²) in [5.74, 6) is 2.09. The van der Waals surface area contributed by atoms with Gasteiger partial charge in [-0.1, -0.05) is 6.07 Å². The van der Waals surface area contributed by atoms with Crippen molar-refractivity contribution in [2.75, 3.05) is 11.5 Å². The fourth-order valence-corrected chi connectivity index (χ4v) is 3.68. The number of pyridine rings is 1. The molecule has 1 aliphatic rings. The van der Waals surface area contributed by atoms with Gasteiger partial charge in [0.25, 0.3) is 0 Å². The summed E-state index contributed by atoms with van der Waals surface area (Å²) in [6, 6.07) is 3.78. The third-order valence-corrected chi connectivity index (χ3v) is 4.71. The number of nitrogens with zero attached hydrogens (tertiary/aromatic N) is 2. The molecule has 0 atom stereocenters. The van der Waals surface area contributed by atoms with Crippen molar-refractivity contribution in [1.29, 1.82) is 0 Å². The van der Waals surface area contributed by atoms with Gasteiger partial charge < -0.3 is 0 Å². The summed E-state index contributed by atoms with van der Waals surface area (Å²) < 4.78 is 16.3. The van der Waals surface area contributed by atoms with E-state index in [-0.39, 0.29) is 0 Å². The van der Waals surface area contributed by atoms with Gasteiger partial charge in [-0.05, 0) is 31.4 Å². The molecule has 2 heterocycles. The first-order valence-corrected chi connectivity index (χ1v) is 6.68. The lowest BCUT2D eigenvalue weighted by Crippen LogP contribution is -1.99. The minimum absolute atomic E-state index is 0.613. The maximum atomic E-state index is 12.0. The van der Waals surface area contributed by atoms with Crippen LogP contribution in [-0.4, -0.2) is 20.7 Å². The van der Waals surface area contributed by atoms with Gasteiger partial charge in [0.15, 0.2) is 5.82 Å². The van der Waals surface area contributed by atoms with E-state index < -0.39 is 9.73 Å². The fourth-order valence-electron chi connectivity index (χ4n) is 1.53. The molecule has 0 N–H and O–H groups in total. The summed E-state index contributed by atoms with van der Waals surface area (Å²) >= 11 is 0. The number of aryl methyl sites for hydroxylation is 1. The van der Waals surface area contributed by atoms with E-state index in [0.29, 0.717) is 5.82 Å². The number of hydrogen-bond acceptors (Lipinski definition) is 3. The van der Waals surface area contributed by atoms with Crippen LogP contribution in [0.4, 0.5) is 5.82 Å². The van der Waals surface area contributed by atoms with Crippen LogP contribution in [0.5, 0.6) is 0 Å². The second-order valence-corrected chi connectivity index (χ2v) is 6.22.